The normalized spacial score (nSPS) is 12.1. The predicted octanol–water partition coefficient (Wildman–Crippen LogP) is 5.58. The third-order valence-corrected chi connectivity index (χ3v) is 4.88. The van der Waals surface area contributed by atoms with E-state index in [0.717, 1.165) is 26.0 Å². The third kappa shape index (κ3) is 6.84. The van der Waals surface area contributed by atoms with Gasteiger partial charge in [0.1, 0.15) is 5.75 Å². The Morgan fingerprint density at radius 1 is 1.24 bits per heavy atom. The smallest absolute Gasteiger partial charge is 0.180 e. The van der Waals surface area contributed by atoms with E-state index in [1.54, 1.807) is 6.21 Å². The van der Waals surface area contributed by atoms with Gasteiger partial charge in [-0.15, -0.1) is 5.10 Å². The van der Waals surface area contributed by atoms with Crippen LogP contribution < -0.4 is 10.5 Å². The van der Waals surface area contributed by atoms with Crippen LogP contribution in [-0.4, -0.2) is 17.5 Å². The highest BCUT2D eigenvalue weighted by atomic mass is 79.9. The Morgan fingerprint density at radius 2 is 1.96 bits per heavy atom. The van der Waals surface area contributed by atoms with Gasteiger partial charge >= 0.3 is 0 Å². The van der Waals surface area contributed by atoms with Gasteiger partial charge in [-0.1, -0.05) is 58.0 Å². The van der Waals surface area contributed by atoms with Gasteiger partial charge in [0, 0.05) is 15.8 Å². The van der Waals surface area contributed by atoms with Gasteiger partial charge in [-0.2, -0.15) is 5.10 Å². The monoisotopic (exact) mass is 483 g/mol. The molecule has 2 N–H and O–H groups in total. The lowest BCUT2D eigenvalue weighted by Crippen LogP contribution is -2.08. The van der Waals surface area contributed by atoms with Crippen LogP contribution >= 0.6 is 43.6 Å². The van der Waals surface area contributed by atoms with E-state index in [2.05, 4.69) is 54.2 Å². The van der Waals surface area contributed by atoms with Gasteiger partial charge in [0.05, 0.1) is 16.8 Å². The molecule has 2 aromatic rings. The minimum atomic E-state index is 0.0552. The topological polar surface area (TPSA) is 60.0 Å². The standard InChI is InChI=1S/C18H19Br2N3OS/c1-12(2)24-17-14(8-15(19)9-16(17)20)10-22-23-18(21)25-11-13-6-4-3-5-7-13/h3-10,12H,11H2,1-2H3,(H2,21,23). The summed E-state index contributed by atoms with van der Waals surface area (Å²) in [5.74, 6) is 1.49. The molecule has 7 heteroatoms. The highest BCUT2D eigenvalue weighted by molar-refractivity contribution is 9.11. The molecule has 2 aromatic carbocycles. The molecule has 0 atom stereocenters. The number of halogens is 2. The zero-order valence-corrected chi connectivity index (χ0v) is 17.9. The second-order valence-corrected chi connectivity index (χ2v) is 8.20. The SMILES string of the molecule is CC(C)Oc1c(Br)cc(Br)cc1C=NN=C(N)SCc1ccccc1. The second-order valence-electron chi connectivity index (χ2n) is 5.43. The van der Waals surface area contributed by atoms with Crippen LogP contribution in [0.2, 0.25) is 0 Å². The van der Waals surface area contributed by atoms with Crippen molar-refractivity contribution in [2.24, 2.45) is 15.9 Å². The zero-order valence-electron chi connectivity index (χ0n) is 13.9. The first-order chi connectivity index (χ1) is 12.0. The molecule has 0 heterocycles. The Kier molecular flexibility index (Phi) is 7.99. The molecular formula is C18H19Br2N3OS. The summed E-state index contributed by atoms with van der Waals surface area (Å²) in [6.07, 6.45) is 1.70. The molecule has 2 rings (SSSR count). The molecule has 0 aliphatic carbocycles. The first kappa shape index (κ1) is 20.0. The van der Waals surface area contributed by atoms with E-state index in [4.69, 9.17) is 10.5 Å². The Balaban J connectivity index is 2.07. The van der Waals surface area contributed by atoms with Crippen LogP contribution in [-0.2, 0) is 5.75 Å². The van der Waals surface area contributed by atoms with Crippen molar-refractivity contribution in [3.8, 4) is 5.75 Å². The first-order valence-electron chi connectivity index (χ1n) is 7.64. The summed E-state index contributed by atoms with van der Waals surface area (Å²) in [6.45, 7) is 3.96. The molecule has 0 saturated heterocycles. The molecule has 132 valence electrons. The minimum absolute atomic E-state index is 0.0552. The quantitative estimate of drug-likeness (QED) is 0.330. The Morgan fingerprint density at radius 3 is 2.64 bits per heavy atom. The number of amidine groups is 1. The van der Waals surface area contributed by atoms with Crippen LogP contribution in [0.3, 0.4) is 0 Å². The number of thioether (sulfide) groups is 1. The van der Waals surface area contributed by atoms with Gasteiger partial charge < -0.3 is 10.5 Å². The molecule has 0 saturated carbocycles. The predicted molar refractivity (Wildman–Crippen MR) is 115 cm³/mol. The highest BCUT2D eigenvalue weighted by Crippen LogP contribution is 2.32. The molecule has 0 amide bonds. The fourth-order valence-electron chi connectivity index (χ4n) is 1.94. The number of nitrogens with two attached hydrogens (primary N) is 1. The number of hydrogen-bond donors (Lipinski definition) is 1. The molecule has 4 nitrogen and oxygen atoms in total. The molecule has 0 aromatic heterocycles. The van der Waals surface area contributed by atoms with E-state index in [1.807, 2.05) is 44.2 Å². The summed E-state index contributed by atoms with van der Waals surface area (Å²) in [5, 5.41) is 8.57. The molecule has 0 aliphatic heterocycles. The Hall–Kier alpha value is -1.31. The number of benzene rings is 2. The molecule has 0 bridgehead atoms. The summed E-state index contributed by atoms with van der Waals surface area (Å²) in [4.78, 5) is 0. The van der Waals surface area contributed by atoms with E-state index in [1.165, 1.54) is 17.3 Å². The third-order valence-electron chi connectivity index (χ3n) is 2.97. The lowest BCUT2D eigenvalue weighted by atomic mass is 10.2. The molecule has 25 heavy (non-hydrogen) atoms. The molecule has 0 radical (unpaired) electrons. The van der Waals surface area contributed by atoms with Crippen LogP contribution in [0.4, 0.5) is 0 Å². The van der Waals surface area contributed by atoms with Crippen LogP contribution in [0.25, 0.3) is 0 Å². The minimum Gasteiger partial charge on any atom is -0.489 e. The Labute approximate surface area is 169 Å². The Bertz CT molecular complexity index is 764. The summed E-state index contributed by atoms with van der Waals surface area (Å²) < 4.78 is 7.63. The summed E-state index contributed by atoms with van der Waals surface area (Å²) in [7, 11) is 0. The average Bonchev–Trinajstić information content (AvgIpc) is 2.56. The maximum atomic E-state index is 5.91. The van der Waals surface area contributed by atoms with Gasteiger partial charge in [0.25, 0.3) is 0 Å². The number of ether oxygens (including phenoxy) is 1. The average molecular weight is 485 g/mol. The number of nitrogens with zero attached hydrogens (tertiary/aromatic N) is 2. The highest BCUT2D eigenvalue weighted by Gasteiger charge is 2.10. The van der Waals surface area contributed by atoms with Crippen molar-refractivity contribution in [3.05, 3.63) is 62.5 Å². The van der Waals surface area contributed by atoms with Gasteiger partial charge in [-0.25, -0.2) is 0 Å². The van der Waals surface area contributed by atoms with Gasteiger partial charge in [0.15, 0.2) is 5.17 Å². The van der Waals surface area contributed by atoms with Gasteiger partial charge in [-0.3, -0.25) is 0 Å². The van der Waals surface area contributed by atoms with Crippen molar-refractivity contribution in [2.45, 2.75) is 25.7 Å². The molecular weight excluding hydrogens is 466 g/mol. The second kappa shape index (κ2) is 9.99. The fraction of sp³-hybridized carbons (Fsp3) is 0.222. The summed E-state index contributed by atoms with van der Waals surface area (Å²) in [6, 6.07) is 14.0. The lowest BCUT2D eigenvalue weighted by molar-refractivity contribution is 0.240. The van der Waals surface area contributed by atoms with E-state index in [9.17, 15) is 0 Å². The van der Waals surface area contributed by atoms with Crippen LogP contribution in [0.1, 0.15) is 25.0 Å². The molecule has 0 fully saturated rings. The summed E-state index contributed by atoms with van der Waals surface area (Å²) >= 11 is 8.44. The van der Waals surface area contributed by atoms with Gasteiger partial charge in [-0.05, 0) is 47.5 Å². The van der Waals surface area contributed by atoms with Crippen molar-refractivity contribution in [2.75, 3.05) is 0 Å². The number of rotatable bonds is 6. The van der Waals surface area contributed by atoms with Crippen molar-refractivity contribution < 1.29 is 4.74 Å². The summed E-state index contributed by atoms with van der Waals surface area (Å²) in [5.41, 5.74) is 7.93. The van der Waals surface area contributed by atoms with E-state index >= 15 is 0 Å². The zero-order chi connectivity index (χ0) is 18.2. The van der Waals surface area contributed by atoms with Crippen molar-refractivity contribution in [3.63, 3.8) is 0 Å². The number of hydrogen-bond acceptors (Lipinski definition) is 4. The van der Waals surface area contributed by atoms with Crippen LogP contribution in [0.5, 0.6) is 5.75 Å². The lowest BCUT2D eigenvalue weighted by Gasteiger charge is -2.14. The van der Waals surface area contributed by atoms with Crippen LogP contribution in [0, 0.1) is 0 Å². The van der Waals surface area contributed by atoms with E-state index in [0.29, 0.717) is 5.17 Å². The molecule has 0 spiro atoms. The molecule has 0 unspecified atom stereocenters. The largest absolute Gasteiger partial charge is 0.489 e. The molecule has 0 aliphatic rings. The first-order valence-corrected chi connectivity index (χ1v) is 10.2. The maximum Gasteiger partial charge on any atom is 0.180 e. The maximum absolute atomic E-state index is 5.91. The van der Waals surface area contributed by atoms with Crippen molar-refractivity contribution in [1.82, 2.24) is 0 Å². The van der Waals surface area contributed by atoms with E-state index in [-0.39, 0.29) is 6.10 Å². The fourth-order valence-corrected chi connectivity index (χ4v) is 3.91. The van der Waals surface area contributed by atoms with Crippen molar-refractivity contribution in [1.29, 1.82) is 0 Å². The van der Waals surface area contributed by atoms with Crippen LogP contribution in [0.15, 0.2) is 61.6 Å². The van der Waals surface area contributed by atoms with Gasteiger partial charge in [0.2, 0.25) is 0 Å². The van der Waals surface area contributed by atoms with Crippen molar-refractivity contribution >= 4 is 55.0 Å². The van der Waals surface area contributed by atoms with E-state index < -0.39 is 0 Å².